The largest absolute Gasteiger partial charge is 0.394 e. The lowest BCUT2D eigenvalue weighted by Crippen LogP contribution is -2.62. The number of nitrogens with one attached hydrogen (secondary N) is 3. The van der Waals surface area contributed by atoms with Crippen molar-refractivity contribution in [3.05, 3.63) is 52.6 Å². The Bertz CT molecular complexity index is 1340. The third-order valence-corrected chi connectivity index (χ3v) is 7.72. The molecule has 2 aliphatic heterocycles. The molecule has 15 heteroatoms. The molecule has 43 heavy (non-hydrogen) atoms. The molecule has 0 bridgehead atoms. The molecule has 2 aromatic rings. The third kappa shape index (κ3) is 7.45. The summed E-state index contributed by atoms with van der Waals surface area (Å²) in [6, 6.07) is 7.02. The monoisotopic (exact) mass is 604 g/mol. The molecule has 1 aromatic heterocycles. The molecule has 0 radical (unpaired) electrons. The minimum absolute atomic E-state index is 0.0477. The molecule has 2 amide bonds. The molecule has 0 spiro atoms. The Hall–Kier alpha value is -3.28. The molecule has 2 aliphatic rings. The number of aliphatic hydroxyl groups excluding tert-OH is 3. The van der Waals surface area contributed by atoms with E-state index in [-0.39, 0.29) is 11.4 Å². The average Bonchev–Trinajstić information content (AvgIpc) is 2.97. The number of likely N-dealkylation sites (N-methyl/N-ethyl adjacent to an activating group) is 1. The van der Waals surface area contributed by atoms with Crippen molar-refractivity contribution >= 4 is 23.3 Å². The fraction of sp³-hybridized carbons (Fsp3) is 0.571. The fourth-order valence-corrected chi connectivity index (χ4v) is 4.99. The van der Waals surface area contributed by atoms with Gasteiger partial charge in [-0.15, -0.1) is 0 Å². The van der Waals surface area contributed by atoms with Crippen LogP contribution in [0.15, 0.2) is 41.3 Å². The Morgan fingerprint density at radius 1 is 1.09 bits per heavy atom. The van der Waals surface area contributed by atoms with Gasteiger partial charge in [0.15, 0.2) is 6.29 Å². The Morgan fingerprint density at radius 3 is 2.40 bits per heavy atom. The molecule has 0 unspecified atom stereocenters. The lowest BCUT2D eigenvalue weighted by Gasteiger charge is -2.44. The molecule has 236 valence electrons. The molecule has 8 N–H and O–H groups in total. The van der Waals surface area contributed by atoms with Crippen LogP contribution in [0.1, 0.15) is 50.2 Å². The number of amides is 2. The maximum absolute atomic E-state index is 12.8. The molecule has 2 fully saturated rings. The van der Waals surface area contributed by atoms with Crippen LogP contribution >= 0.6 is 0 Å². The molecule has 0 saturated carbocycles. The van der Waals surface area contributed by atoms with Gasteiger partial charge in [0, 0.05) is 17.4 Å². The molecule has 1 aromatic carbocycles. The van der Waals surface area contributed by atoms with E-state index in [1.165, 1.54) is 48.0 Å². The topological polar surface area (TPSA) is 220 Å². The van der Waals surface area contributed by atoms with Crippen LogP contribution in [0.5, 0.6) is 0 Å². The summed E-state index contributed by atoms with van der Waals surface area (Å²) in [6.07, 6.45) is -2.89. The Labute approximate surface area is 248 Å². The predicted molar refractivity (Wildman–Crippen MR) is 154 cm³/mol. The fourth-order valence-electron chi connectivity index (χ4n) is 4.99. The minimum Gasteiger partial charge on any atom is -0.394 e. The number of hydrogen-bond acceptors (Lipinski definition) is 12. The average molecular weight is 605 g/mol. The van der Waals surface area contributed by atoms with Crippen LogP contribution in [0.3, 0.4) is 0 Å². The van der Waals surface area contributed by atoms with Gasteiger partial charge in [0.2, 0.25) is 5.91 Å². The first-order valence-corrected chi connectivity index (χ1v) is 14.1. The summed E-state index contributed by atoms with van der Waals surface area (Å²) >= 11 is 0. The van der Waals surface area contributed by atoms with E-state index < -0.39 is 78.7 Å². The van der Waals surface area contributed by atoms with Gasteiger partial charge in [-0.1, -0.05) is 0 Å². The molecular weight excluding hydrogens is 564 g/mol. The maximum Gasteiger partial charge on any atom is 0.351 e. The maximum atomic E-state index is 12.8. The quantitative estimate of drug-likeness (QED) is 0.189. The lowest BCUT2D eigenvalue weighted by molar-refractivity contribution is -0.303. The highest BCUT2D eigenvalue weighted by Crippen LogP contribution is 2.31. The number of benzene rings is 1. The van der Waals surface area contributed by atoms with Crippen molar-refractivity contribution in [2.45, 2.75) is 88.2 Å². The third-order valence-electron chi connectivity index (χ3n) is 7.72. The second-order valence-corrected chi connectivity index (χ2v) is 11.1. The van der Waals surface area contributed by atoms with Crippen molar-refractivity contribution in [1.82, 2.24) is 14.9 Å². The van der Waals surface area contributed by atoms with Crippen molar-refractivity contribution in [3.63, 3.8) is 0 Å². The first-order chi connectivity index (χ1) is 20.3. The summed E-state index contributed by atoms with van der Waals surface area (Å²) in [6.45, 7) is 4.43. The van der Waals surface area contributed by atoms with Gasteiger partial charge < -0.3 is 51.2 Å². The second kappa shape index (κ2) is 13.6. The van der Waals surface area contributed by atoms with Crippen LogP contribution in [0.2, 0.25) is 0 Å². The lowest BCUT2D eigenvalue weighted by atomic mass is 9.97. The van der Waals surface area contributed by atoms with Gasteiger partial charge in [-0.3, -0.25) is 14.2 Å². The summed E-state index contributed by atoms with van der Waals surface area (Å²) in [5, 5.41) is 38.2. The van der Waals surface area contributed by atoms with Gasteiger partial charge in [0.05, 0.1) is 31.0 Å². The molecule has 3 heterocycles. The number of aliphatic hydroxyl groups is 3. The Morgan fingerprint density at radius 2 is 1.79 bits per heavy atom. The first kappa shape index (κ1) is 32.6. The number of rotatable bonds is 9. The van der Waals surface area contributed by atoms with Crippen LogP contribution in [-0.2, 0) is 19.0 Å². The van der Waals surface area contributed by atoms with Crippen LogP contribution < -0.4 is 27.4 Å². The van der Waals surface area contributed by atoms with Gasteiger partial charge in [0.25, 0.3) is 5.91 Å². The number of nitrogens with two attached hydrogens (primary N) is 1. The highest BCUT2D eigenvalue weighted by atomic mass is 16.7. The summed E-state index contributed by atoms with van der Waals surface area (Å²) in [4.78, 5) is 41.6. The second-order valence-electron chi connectivity index (χ2n) is 11.1. The molecule has 15 nitrogen and oxygen atoms in total. The van der Waals surface area contributed by atoms with Crippen LogP contribution in [0, 0.1) is 0 Å². The predicted octanol–water partition coefficient (Wildman–Crippen LogP) is -0.719. The van der Waals surface area contributed by atoms with Crippen LogP contribution in [0.4, 0.5) is 11.5 Å². The summed E-state index contributed by atoms with van der Waals surface area (Å²) in [7, 11) is 1.68. The van der Waals surface area contributed by atoms with Gasteiger partial charge in [-0.25, -0.2) is 4.79 Å². The smallest absolute Gasteiger partial charge is 0.351 e. The number of hydrogen-bond donors (Lipinski definition) is 7. The SMILES string of the molecule is CN[C@H]1[C@H](O)[C@@H](O)[C@@H](O[C@H]2CC[C@H](n3ccc(NC(=O)c4ccc(NC(=O)[C@@](C)(N)CO)cc4)nc3=O)O[C@@H]2C)O[C@@H]1C. The zero-order chi connectivity index (χ0) is 31.5. The summed E-state index contributed by atoms with van der Waals surface area (Å²) in [5.74, 6) is -1.05. The molecule has 4 rings (SSSR count). The Kier molecular flexibility index (Phi) is 10.3. The highest BCUT2D eigenvalue weighted by Gasteiger charge is 2.44. The summed E-state index contributed by atoms with van der Waals surface area (Å²) in [5.41, 5.74) is 4.28. The van der Waals surface area contributed by atoms with Gasteiger partial charge in [-0.05, 0) is 71.0 Å². The van der Waals surface area contributed by atoms with E-state index in [0.717, 1.165) is 0 Å². The number of ether oxygens (including phenoxy) is 3. The van der Waals surface area contributed by atoms with E-state index in [1.54, 1.807) is 20.9 Å². The summed E-state index contributed by atoms with van der Waals surface area (Å²) < 4.78 is 19.1. The minimum atomic E-state index is -1.45. The van der Waals surface area contributed by atoms with E-state index in [2.05, 4.69) is 20.9 Å². The number of carbonyl (C=O) groups excluding carboxylic acids is 2. The molecular formula is C28H40N6O9. The van der Waals surface area contributed by atoms with Gasteiger partial charge in [0.1, 0.15) is 29.8 Å². The molecule has 0 aliphatic carbocycles. The van der Waals surface area contributed by atoms with E-state index in [4.69, 9.17) is 19.9 Å². The van der Waals surface area contributed by atoms with Crippen molar-refractivity contribution < 1.29 is 39.1 Å². The van der Waals surface area contributed by atoms with Gasteiger partial charge >= 0.3 is 5.69 Å². The van der Waals surface area contributed by atoms with E-state index in [9.17, 15) is 29.7 Å². The van der Waals surface area contributed by atoms with E-state index >= 15 is 0 Å². The molecule has 9 atom stereocenters. The highest BCUT2D eigenvalue weighted by molar-refractivity contribution is 6.04. The number of anilines is 2. The van der Waals surface area contributed by atoms with Crippen molar-refractivity contribution in [2.24, 2.45) is 5.73 Å². The number of carbonyl (C=O) groups is 2. The zero-order valence-corrected chi connectivity index (χ0v) is 24.5. The van der Waals surface area contributed by atoms with Crippen molar-refractivity contribution in [2.75, 3.05) is 24.3 Å². The normalized spacial score (nSPS) is 30.7. The van der Waals surface area contributed by atoms with Crippen molar-refractivity contribution in [3.8, 4) is 0 Å². The van der Waals surface area contributed by atoms with E-state index in [0.29, 0.717) is 18.5 Å². The first-order valence-electron chi connectivity index (χ1n) is 14.1. The van der Waals surface area contributed by atoms with E-state index in [1.807, 2.05) is 0 Å². The standard InChI is InChI=1S/C28H40N6O9/c1-14-18(43-25-23(37)22(36)21(30-4)15(2)42-25)9-10-20(41-14)34-12-11-19(33-27(34)40)32-24(38)16-5-7-17(8-6-16)31-26(39)28(3,29)13-35/h5-8,11-12,14-15,18,20-23,25,30,35-37H,9-10,13,29H2,1-4H3,(H,31,39)(H,32,33,38,40)/t14-,15-,18+,20-,21-,22+,23-,25-,28+/m1/s1. The number of nitrogens with zero attached hydrogens (tertiary/aromatic N) is 2. The van der Waals surface area contributed by atoms with Crippen LogP contribution in [-0.4, -0.2) is 98.7 Å². The van der Waals surface area contributed by atoms with Crippen LogP contribution in [0.25, 0.3) is 0 Å². The number of aromatic nitrogens is 2. The molecule has 2 saturated heterocycles. The van der Waals surface area contributed by atoms with Crippen molar-refractivity contribution in [1.29, 1.82) is 0 Å². The Balaban J connectivity index is 1.32. The van der Waals surface area contributed by atoms with Gasteiger partial charge in [-0.2, -0.15) is 4.98 Å². The zero-order valence-electron chi connectivity index (χ0n) is 24.5.